The quantitative estimate of drug-likeness (QED) is 0.701. The number of fused-ring (bicyclic) bond motifs is 1. The van der Waals surface area contributed by atoms with E-state index >= 15 is 0 Å². The first kappa shape index (κ1) is 11.8. The molecular formula is C15H18N4. The van der Waals surface area contributed by atoms with Crippen LogP contribution in [-0.2, 0) is 7.05 Å². The van der Waals surface area contributed by atoms with Crippen LogP contribution in [-0.4, -0.2) is 14.8 Å². The molecule has 0 aliphatic carbocycles. The van der Waals surface area contributed by atoms with Gasteiger partial charge in [-0.1, -0.05) is 6.07 Å². The van der Waals surface area contributed by atoms with Crippen molar-refractivity contribution in [3.8, 4) is 11.3 Å². The Bertz CT molecular complexity index is 777. The van der Waals surface area contributed by atoms with Gasteiger partial charge in [0.05, 0.1) is 5.69 Å². The third kappa shape index (κ3) is 1.63. The van der Waals surface area contributed by atoms with E-state index in [1.807, 2.05) is 6.07 Å². The number of anilines is 1. The average molecular weight is 254 g/mol. The second-order valence-electron chi connectivity index (χ2n) is 5.20. The Kier molecular flexibility index (Phi) is 2.42. The van der Waals surface area contributed by atoms with Gasteiger partial charge in [-0.2, -0.15) is 5.10 Å². The maximum Gasteiger partial charge on any atom is 0.145 e. The van der Waals surface area contributed by atoms with Crippen LogP contribution in [0.3, 0.4) is 0 Å². The molecule has 0 saturated heterocycles. The number of H-pyrrole nitrogens is 1. The number of nitrogens with two attached hydrogens (primary N) is 1. The maximum absolute atomic E-state index is 5.73. The summed E-state index contributed by atoms with van der Waals surface area (Å²) in [6.07, 6.45) is 0. The number of aromatic amines is 1. The summed E-state index contributed by atoms with van der Waals surface area (Å²) in [6.45, 7) is 6.40. The molecular weight excluding hydrogens is 236 g/mol. The zero-order valence-electron chi connectivity index (χ0n) is 11.7. The summed E-state index contributed by atoms with van der Waals surface area (Å²) < 4.78 is 2.22. The summed E-state index contributed by atoms with van der Waals surface area (Å²) >= 11 is 0. The Morgan fingerprint density at radius 2 is 1.89 bits per heavy atom. The van der Waals surface area contributed by atoms with Crippen molar-refractivity contribution in [3.05, 3.63) is 35.0 Å². The third-order valence-corrected chi connectivity index (χ3v) is 3.80. The molecule has 3 rings (SSSR count). The number of aryl methyl sites for hydroxylation is 3. The van der Waals surface area contributed by atoms with E-state index in [4.69, 9.17) is 5.73 Å². The van der Waals surface area contributed by atoms with E-state index < -0.39 is 0 Å². The van der Waals surface area contributed by atoms with Crippen molar-refractivity contribution in [1.29, 1.82) is 0 Å². The summed E-state index contributed by atoms with van der Waals surface area (Å²) in [6, 6.07) is 6.32. The van der Waals surface area contributed by atoms with Crippen molar-refractivity contribution < 1.29 is 0 Å². The first-order chi connectivity index (χ1) is 8.99. The van der Waals surface area contributed by atoms with E-state index in [0.29, 0.717) is 5.82 Å². The molecule has 0 radical (unpaired) electrons. The molecule has 4 nitrogen and oxygen atoms in total. The lowest BCUT2D eigenvalue weighted by atomic mass is 10.0. The summed E-state index contributed by atoms with van der Waals surface area (Å²) in [5, 5.41) is 8.33. The van der Waals surface area contributed by atoms with Crippen molar-refractivity contribution >= 4 is 16.7 Å². The molecule has 3 aromatic rings. The van der Waals surface area contributed by atoms with Gasteiger partial charge in [-0.05, 0) is 38.0 Å². The van der Waals surface area contributed by atoms with Crippen LogP contribution >= 0.6 is 0 Å². The number of nitrogen functional groups attached to an aromatic ring is 1. The highest BCUT2D eigenvalue weighted by Crippen LogP contribution is 2.36. The van der Waals surface area contributed by atoms with Crippen molar-refractivity contribution in [2.45, 2.75) is 20.8 Å². The molecule has 0 saturated carbocycles. The van der Waals surface area contributed by atoms with Crippen LogP contribution in [0.1, 0.15) is 16.8 Å². The number of rotatable bonds is 1. The largest absolute Gasteiger partial charge is 0.382 e. The number of benzene rings is 1. The van der Waals surface area contributed by atoms with Crippen molar-refractivity contribution in [2.75, 3.05) is 5.73 Å². The molecule has 0 amide bonds. The Labute approximate surface area is 112 Å². The smallest absolute Gasteiger partial charge is 0.145 e. The molecule has 0 spiro atoms. The van der Waals surface area contributed by atoms with Gasteiger partial charge >= 0.3 is 0 Å². The maximum atomic E-state index is 5.73. The van der Waals surface area contributed by atoms with Gasteiger partial charge < -0.3 is 10.3 Å². The van der Waals surface area contributed by atoms with Gasteiger partial charge in [-0.15, -0.1) is 0 Å². The summed E-state index contributed by atoms with van der Waals surface area (Å²) in [5.41, 5.74) is 12.9. The fraction of sp³-hybridized carbons (Fsp3) is 0.267. The van der Waals surface area contributed by atoms with Crippen LogP contribution in [0.25, 0.3) is 22.2 Å². The highest BCUT2D eigenvalue weighted by molar-refractivity contribution is 6.00. The summed E-state index contributed by atoms with van der Waals surface area (Å²) in [5.74, 6) is 0.524. The molecule has 2 aromatic heterocycles. The molecule has 0 bridgehead atoms. The molecule has 0 aliphatic rings. The molecule has 2 heterocycles. The Morgan fingerprint density at radius 3 is 2.53 bits per heavy atom. The van der Waals surface area contributed by atoms with Gasteiger partial charge in [0, 0.05) is 35.3 Å². The fourth-order valence-corrected chi connectivity index (χ4v) is 2.86. The normalized spacial score (nSPS) is 11.4. The van der Waals surface area contributed by atoms with Crippen LogP contribution in [0.15, 0.2) is 18.2 Å². The molecule has 0 fully saturated rings. The Hall–Kier alpha value is -2.23. The molecule has 0 atom stereocenters. The van der Waals surface area contributed by atoms with Crippen LogP contribution < -0.4 is 5.73 Å². The molecule has 19 heavy (non-hydrogen) atoms. The zero-order chi connectivity index (χ0) is 13.7. The second kappa shape index (κ2) is 3.88. The van der Waals surface area contributed by atoms with E-state index in [0.717, 1.165) is 5.69 Å². The summed E-state index contributed by atoms with van der Waals surface area (Å²) in [7, 11) is 2.10. The monoisotopic (exact) mass is 254 g/mol. The number of aromatic nitrogens is 3. The number of hydrogen-bond acceptors (Lipinski definition) is 2. The predicted octanol–water partition coefficient (Wildman–Crippen LogP) is 3.08. The minimum Gasteiger partial charge on any atom is -0.382 e. The van der Waals surface area contributed by atoms with Gasteiger partial charge in [-0.25, -0.2) is 0 Å². The first-order valence-corrected chi connectivity index (χ1v) is 6.36. The van der Waals surface area contributed by atoms with Gasteiger partial charge in [0.2, 0.25) is 0 Å². The highest BCUT2D eigenvalue weighted by atomic mass is 15.2. The molecule has 4 heteroatoms. The van der Waals surface area contributed by atoms with Crippen LogP contribution in [0.4, 0.5) is 5.82 Å². The van der Waals surface area contributed by atoms with E-state index in [2.05, 4.69) is 54.7 Å². The average Bonchev–Trinajstić information content (AvgIpc) is 2.85. The predicted molar refractivity (Wildman–Crippen MR) is 79.1 cm³/mol. The molecule has 1 aromatic carbocycles. The minimum absolute atomic E-state index is 0.524. The highest BCUT2D eigenvalue weighted by Gasteiger charge is 2.17. The molecule has 98 valence electrons. The van der Waals surface area contributed by atoms with E-state index in [1.54, 1.807) is 0 Å². The van der Waals surface area contributed by atoms with Crippen LogP contribution in [0.2, 0.25) is 0 Å². The lowest BCUT2D eigenvalue weighted by Crippen LogP contribution is -1.91. The topological polar surface area (TPSA) is 59.6 Å². The van der Waals surface area contributed by atoms with Crippen LogP contribution in [0, 0.1) is 20.8 Å². The van der Waals surface area contributed by atoms with Crippen LogP contribution in [0.5, 0.6) is 0 Å². The standard InChI is InChI=1S/C15H18N4/c1-8-5-9(2)14-12(6-8)19(4)10(3)15(14)11-7-13(16)18-17-11/h5-7H,1-4H3,(H3,16,17,18). The van der Waals surface area contributed by atoms with Gasteiger partial charge in [0.15, 0.2) is 0 Å². The molecule has 3 N–H and O–H groups in total. The Balaban J connectivity index is 2.45. The number of hydrogen-bond donors (Lipinski definition) is 2. The van der Waals surface area contributed by atoms with Crippen molar-refractivity contribution in [3.63, 3.8) is 0 Å². The lowest BCUT2D eigenvalue weighted by Gasteiger charge is -2.03. The summed E-state index contributed by atoms with van der Waals surface area (Å²) in [4.78, 5) is 0. The first-order valence-electron chi connectivity index (χ1n) is 6.36. The number of nitrogens with one attached hydrogen (secondary N) is 1. The van der Waals surface area contributed by atoms with Gasteiger partial charge in [0.25, 0.3) is 0 Å². The third-order valence-electron chi connectivity index (χ3n) is 3.80. The molecule has 0 aliphatic heterocycles. The van der Waals surface area contributed by atoms with E-state index in [-0.39, 0.29) is 0 Å². The van der Waals surface area contributed by atoms with Crippen molar-refractivity contribution in [2.24, 2.45) is 7.05 Å². The number of nitrogens with zero attached hydrogens (tertiary/aromatic N) is 2. The van der Waals surface area contributed by atoms with Crippen molar-refractivity contribution in [1.82, 2.24) is 14.8 Å². The zero-order valence-corrected chi connectivity index (χ0v) is 11.7. The SMILES string of the molecule is Cc1cc(C)c2c(-c3cc(N)n[nH]3)c(C)n(C)c2c1. The second-order valence-corrected chi connectivity index (χ2v) is 5.20. The van der Waals surface area contributed by atoms with Gasteiger partial charge in [-0.3, -0.25) is 5.10 Å². The van der Waals surface area contributed by atoms with E-state index in [1.165, 1.54) is 33.3 Å². The molecule has 0 unspecified atom stereocenters. The lowest BCUT2D eigenvalue weighted by molar-refractivity contribution is 0.917. The van der Waals surface area contributed by atoms with Gasteiger partial charge in [0.1, 0.15) is 5.82 Å². The van der Waals surface area contributed by atoms with E-state index in [9.17, 15) is 0 Å². The fourth-order valence-electron chi connectivity index (χ4n) is 2.86. The minimum atomic E-state index is 0.524. The Morgan fingerprint density at radius 1 is 1.16 bits per heavy atom.